The van der Waals surface area contributed by atoms with E-state index in [9.17, 15) is 10.1 Å². The van der Waals surface area contributed by atoms with Crippen LogP contribution in [0.1, 0.15) is 19.4 Å². The van der Waals surface area contributed by atoms with E-state index in [1.54, 1.807) is 38.1 Å². The monoisotopic (exact) mass is 397 g/mol. The zero-order valence-corrected chi connectivity index (χ0v) is 15.7. The Morgan fingerprint density at radius 2 is 1.88 bits per heavy atom. The first kappa shape index (κ1) is 19.8. The van der Waals surface area contributed by atoms with E-state index in [0.29, 0.717) is 33.7 Å². The smallest absolute Gasteiger partial charge is 0.315 e. The number of hydrogen-bond donors (Lipinski definition) is 1. The molecule has 138 valence electrons. The topological polar surface area (TPSA) is 86.0 Å². The number of nitro groups is 1. The minimum atomic E-state index is -0.517. The SMILES string of the molecule is CCOc1cc(C=NNc2ccc(Cl)c(Cl)c2)cc([N+](=O)[O-])c1OCC. The van der Waals surface area contributed by atoms with Crippen LogP contribution in [0.5, 0.6) is 11.5 Å². The summed E-state index contributed by atoms with van der Waals surface area (Å²) < 4.78 is 10.9. The number of ether oxygens (including phenoxy) is 2. The van der Waals surface area contributed by atoms with Crippen molar-refractivity contribution in [1.82, 2.24) is 0 Å². The Kier molecular flexibility index (Phi) is 7.06. The molecule has 0 bridgehead atoms. The highest BCUT2D eigenvalue weighted by atomic mass is 35.5. The second kappa shape index (κ2) is 9.26. The van der Waals surface area contributed by atoms with Gasteiger partial charge in [0.15, 0.2) is 5.75 Å². The highest BCUT2D eigenvalue weighted by Crippen LogP contribution is 2.38. The van der Waals surface area contributed by atoms with Gasteiger partial charge in [-0.25, -0.2) is 0 Å². The summed E-state index contributed by atoms with van der Waals surface area (Å²) in [7, 11) is 0. The van der Waals surface area contributed by atoms with Crippen molar-refractivity contribution in [1.29, 1.82) is 0 Å². The van der Waals surface area contributed by atoms with E-state index in [0.717, 1.165) is 0 Å². The lowest BCUT2D eigenvalue weighted by molar-refractivity contribution is -0.385. The molecular weight excluding hydrogens is 381 g/mol. The summed E-state index contributed by atoms with van der Waals surface area (Å²) in [6.07, 6.45) is 1.44. The van der Waals surface area contributed by atoms with Crippen LogP contribution in [-0.4, -0.2) is 24.4 Å². The zero-order valence-electron chi connectivity index (χ0n) is 14.2. The summed E-state index contributed by atoms with van der Waals surface area (Å²) in [5, 5.41) is 16.2. The minimum Gasteiger partial charge on any atom is -0.490 e. The molecule has 2 aromatic carbocycles. The first-order chi connectivity index (χ1) is 12.5. The molecule has 0 saturated heterocycles. The Bertz CT molecular complexity index is 828. The Morgan fingerprint density at radius 3 is 2.50 bits per heavy atom. The van der Waals surface area contributed by atoms with Crippen LogP contribution in [0.25, 0.3) is 0 Å². The lowest BCUT2D eigenvalue weighted by Gasteiger charge is -2.11. The molecule has 26 heavy (non-hydrogen) atoms. The molecule has 0 amide bonds. The van der Waals surface area contributed by atoms with Gasteiger partial charge in [0.2, 0.25) is 5.75 Å². The average molecular weight is 398 g/mol. The van der Waals surface area contributed by atoms with E-state index in [1.165, 1.54) is 12.3 Å². The van der Waals surface area contributed by atoms with Crippen molar-refractivity contribution in [2.24, 2.45) is 5.10 Å². The molecule has 2 rings (SSSR count). The van der Waals surface area contributed by atoms with E-state index in [4.69, 9.17) is 32.7 Å². The van der Waals surface area contributed by atoms with Gasteiger partial charge in [-0.1, -0.05) is 23.2 Å². The second-order valence-corrected chi connectivity index (χ2v) is 5.80. The molecule has 7 nitrogen and oxygen atoms in total. The zero-order chi connectivity index (χ0) is 19.1. The minimum absolute atomic E-state index is 0.106. The van der Waals surface area contributed by atoms with Crippen molar-refractivity contribution in [3.05, 3.63) is 56.1 Å². The van der Waals surface area contributed by atoms with Crippen LogP contribution in [0.2, 0.25) is 10.0 Å². The molecule has 0 heterocycles. The number of nitrogens with one attached hydrogen (secondary N) is 1. The van der Waals surface area contributed by atoms with E-state index in [2.05, 4.69) is 10.5 Å². The first-order valence-electron chi connectivity index (χ1n) is 7.78. The summed E-state index contributed by atoms with van der Waals surface area (Å²) in [5.74, 6) is 0.397. The quantitative estimate of drug-likeness (QED) is 0.378. The van der Waals surface area contributed by atoms with Gasteiger partial charge in [0.05, 0.1) is 40.1 Å². The number of anilines is 1. The Balaban J connectivity index is 2.29. The van der Waals surface area contributed by atoms with Crippen molar-refractivity contribution < 1.29 is 14.4 Å². The molecule has 9 heteroatoms. The maximum atomic E-state index is 11.4. The fourth-order valence-corrected chi connectivity index (χ4v) is 2.42. The molecule has 0 radical (unpaired) electrons. The number of halogens is 2. The molecule has 0 fully saturated rings. The molecule has 0 aliphatic heterocycles. The summed E-state index contributed by atoms with van der Waals surface area (Å²) in [6, 6.07) is 7.96. The van der Waals surface area contributed by atoms with Gasteiger partial charge >= 0.3 is 5.69 Å². The van der Waals surface area contributed by atoms with Gasteiger partial charge < -0.3 is 9.47 Å². The van der Waals surface area contributed by atoms with Crippen LogP contribution in [0, 0.1) is 10.1 Å². The lowest BCUT2D eigenvalue weighted by atomic mass is 10.2. The summed E-state index contributed by atoms with van der Waals surface area (Å²) >= 11 is 11.8. The summed E-state index contributed by atoms with van der Waals surface area (Å²) in [4.78, 5) is 10.8. The van der Waals surface area contributed by atoms with Gasteiger partial charge in [0.25, 0.3) is 0 Å². The van der Waals surface area contributed by atoms with Crippen LogP contribution in [0.3, 0.4) is 0 Å². The summed E-state index contributed by atoms with van der Waals surface area (Å²) in [5.41, 5.74) is 3.71. The van der Waals surface area contributed by atoms with Crippen LogP contribution in [-0.2, 0) is 0 Å². The standard InChI is InChI=1S/C17H17Cl2N3O4/c1-3-25-16-8-11(7-15(22(23)24)17(16)26-4-2)10-20-21-12-5-6-13(18)14(19)9-12/h5-10,21H,3-4H2,1-2H3. The maximum absolute atomic E-state index is 11.4. The fourth-order valence-electron chi connectivity index (χ4n) is 2.12. The Labute approximate surface area is 160 Å². The van der Waals surface area contributed by atoms with Crippen molar-refractivity contribution in [3.63, 3.8) is 0 Å². The third kappa shape index (κ3) is 5.00. The van der Waals surface area contributed by atoms with Crippen LogP contribution < -0.4 is 14.9 Å². The van der Waals surface area contributed by atoms with Gasteiger partial charge in [0, 0.05) is 11.6 Å². The molecular formula is C17H17Cl2N3O4. The second-order valence-electron chi connectivity index (χ2n) is 4.99. The predicted octanol–water partition coefficient (Wildman–Crippen LogP) is 5.15. The highest BCUT2D eigenvalue weighted by molar-refractivity contribution is 6.42. The molecule has 2 aromatic rings. The van der Waals surface area contributed by atoms with Crippen molar-refractivity contribution in [3.8, 4) is 11.5 Å². The van der Waals surface area contributed by atoms with Gasteiger partial charge in [-0.15, -0.1) is 0 Å². The number of benzene rings is 2. The van der Waals surface area contributed by atoms with Crippen LogP contribution in [0.4, 0.5) is 11.4 Å². The normalized spacial score (nSPS) is 10.8. The molecule has 0 atom stereocenters. The fraction of sp³-hybridized carbons (Fsp3) is 0.235. The van der Waals surface area contributed by atoms with Gasteiger partial charge in [-0.05, 0) is 38.1 Å². The van der Waals surface area contributed by atoms with Gasteiger partial charge in [-0.3, -0.25) is 15.5 Å². The number of nitrogens with zero attached hydrogens (tertiary/aromatic N) is 2. The molecule has 0 unspecified atom stereocenters. The van der Waals surface area contributed by atoms with Crippen LogP contribution in [0.15, 0.2) is 35.4 Å². The Morgan fingerprint density at radius 1 is 1.15 bits per heavy atom. The molecule has 0 saturated carbocycles. The third-order valence-electron chi connectivity index (χ3n) is 3.17. The average Bonchev–Trinajstić information content (AvgIpc) is 2.60. The van der Waals surface area contributed by atoms with Gasteiger partial charge in [0.1, 0.15) is 0 Å². The van der Waals surface area contributed by atoms with Gasteiger partial charge in [-0.2, -0.15) is 5.10 Å². The lowest BCUT2D eigenvalue weighted by Crippen LogP contribution is -2.03. The molecule has 0 aromatic heterocycles. The summed E-state index contributed by atoms with van der Waals surface area (Å²) in [6.45, 7) is 4.16. The molecule has 0 aliphatic carbocycles. The molecule has 0 aliphatic rings. The van der Waals surface area contributed by atoms with E-state index >= 15 is 0 Å². The highest BCUT2D eigenvalue weighted by Gasteiger charge is 2.22. The van der Waals surface area contributed by atoms with E-state index in [1.807, 2.05) is 0 Å². The molecule has 1 N–H and O–H groups in total. The molecule has 0 spiro atoms. The predicted molar refractivity (Wildman–Crippen MR) is 103 cm³/mol. The number of hydrazone groups is 1. The number of nitro benzene ring substituents is 1. The third-order valence-corrected chi connectivity index (χ3v) is 3.91. The first-order valence-corrected chi connectivity index (χ1v) is 8.54. The largest absolute Gasteiger partial charge is 0.490 e. The Hall–Kier alpha value is -2.51. The van der Waals surface area contributed by atoms with E-state index in [-0.39, 0.29) is 18.0 Å². The van der Waals surface area contributed by atoms with Crippen molar-refractivity contribution in [2.45, 2.75) is 13.8 Å². The number of rotatable bonds is 8. The van der Waals surface area contributed by atoms with Crippen molar-refractivity contribution >= 4 is 40.8 Å². The van der Waals surface area contributed by atoms with E-state index < -0.39 is 4.92 Å². The number of hydrogen-bond acceptors (Lipinski definition) is 6. The van der Waals surface area contributed by atoms with Crippen molar-refractivity contribution in [2.75, 3.05) is 18.6 Å². The maximum Gasteiger partial charge on any atom is 0.315 e. The van der Waals surface area contributed by atoms with Crippen LogP contribution >= 0.6 is 23.2 Å².